The number of aromatic nitrogens is 2. The number of aryl methyl sites for hydroxylation is 3. The van der Waals surface area contributed by atoms with Crippen LogP contribution < -0.4 is 20.9 Å². The number of fused-ring (bicyclic) bond motifs is 1. The minimum absolute atomic E-state index is 0.00127. The molecule has 0 bridgehead atoms. The van der Waals surface area contributed by atoms with Crippen LogP contribution in [0.1, 0.15) is 34.9 Å². The second kappa shape index (κ2) is 12.4. The highest BCUT2D eigenvalue weighted by Gasteiger charge is 2.32. The van der Waals surface area contributed by atoms with E-state index in [4.69, 9.17) is 4.74 Å². The summed E-state index contributed by atoms with van der Waals surface area (Å²) in [6.45, 7) is 1.40. The van der Waals surface area contributed by atoms with Gasteiger partial charge in [0.2, 0.25) is 5.91 Å². The topological polar surface area (TPSA) is 109 Å². The second-order valence-corrected chi connectivity index (χ2v) is 12.4. The van der Waals surface area contributed by atoms with Crippen molar-refractivity contribution in [2.75, 3.05) is 37.8 Å². The van der Waals surface area contributed by atoms with Crippen LogP contribution >= 0.6 is 11.3 Å². The molecule has 0 radical (unpaired) electrons. The molecule has 1 atom stereocenters. The highest BCUT2D eigenvalue weighted by Crippen LogP contribution is 2.35. The summed E-state index contributed by atoms with van der Waals surface area (Å²) in [5.74, 6) is -2.14. The molecule has 1 aliphatic carbocycles. The van der Waals surface area contributed by atoms with Crippen molar-refractivity contribution in [3.8, 4) is 16.3 Å². The van der Waals surface area contributed by atoms with Gasteiger partial charge in [0.05, 0.1) is 5.69 Å². The third-order valence-electron chi connectivity index (χ3n) is 8.16. The van der Waals surface area contributed by atoms with Crippen LogP contribution in [0.4, 0.5) is 30.8 Å². The summed E-state index contributed by atoms with van der Waals surface area (Å²) in [7, 11) is 5.16. The Morgan fingerprint density at radius 1 is 1.02 bits per heavy atom. The molecule has 4 aromatic rings. The Morgan fingerprint density at radius 3 is 2.53 bits per heavy atom. The van der Waals surface area contributed by atoms with Crippen LogP contribution in [0.5, 0.6) is 5.06 Å². The number of nitrogens with zero attached hydrogens (tertiary/aromatic N) is 4. The number of piperazine rings is 1. The zero-order valence-corrected chi connectivity index (χ0v) is 25.8. The Labute approximate surface area is 262 Å². The van der Waals surface area contributed by atoms with E-state index in [2.05, 4.69) is 15.6 Å². The van der Waals surface area contributed by atoms with Gasteiger partial charge in [-0.1, -0.05) is 12.1 Å². The van der Waals surface area contributed by atoms with E-state index in [1.807, 2.05) is 11.9 Å². The molecule has 0 spiro atoms. The number of carbonyl (C=O) groups excluding carboxylic acids is 2. The maximum atomic E-state index is 15.7. The van der Waals surface area contributed by atoms with Gasteiger partial charge >= 0.3 is 6.09 Å². The molecule has 13 heteroatoms. The molecule has 2 aromatic carbocycles. The normalized spacial score (nSPS) is 16.8. The Balaban J connectivity index is 1.22. The van der Waals surface area contributed by atoms with Gasteiger partial charge in [-0.2, -0.15) is 0 Å². The van der Waals surface area contributed by atoms with E-state index in [1.165, 1.54) is 35.2 Å². The lowest BCUT2D eigenvalue weighted by molar-refractivity contribution is -0.139. The van der Waals surface area contributed by atoms with Crippen LogP contribution in [0.25, 0.3) is 11.3 Å². The van der Waals surface area contributed by atoms with E-state index in [-0.39, 0.29) is 23.0 Å². The molecule has 2 amide bonds. The molecule has 0 saturated carbocycles. The summed E-state index contributed by atoms with van der Waals surface area (Å²) < 4.78 is 37.1. The minimum atomic E-state index is -1.06. The molecule has 45 heavy (non-hydrogen) atoms. The Morgan fingerprint density at radius 2 is 1.78 bits per heavy atom. The molecule has 1 saturated heterocycles. The Kier molecular flexibility index (Phi) is 8.38. The first kappa shape index (κ1) is 30.4. The Bertz CT molecular complexity index is 1820. The Hall–Kier alpha value is -4.62. The number of thiophene rings is 1. The summed E-state index contributed by atoms with van der Waals surface area (Å²) in [5.41, 5.74) is 1.21. The fraction of sp³-hybridized carbons (Fsp3) is 0.312. The number of hydrogen-bond donors (Lipinski definition) is 2. The number of halogens is 2. The number of nitrogens with one attached hydrogen (secondary N) is 2. The van der Waals surface area contributed by atoms with Gasteiger partial charge in [0, 0.05) is 49.5 Å². The maximum Gasteiger partial charge on any atom is 0.418 e. The van der Waals surface area contributed by atoms with Crippen molar-refractivity contribution in [1.82, 2.24) is 19.4 Å². The van der Waals surface area contributed by atoms with Crippen molar-refractivity contribution in [2.45, 2.75) is 31.7 Å². The average Bonchev–Trinajstić information content (AvgIpc) is 3.42. The summed E-state index contributed by atoms with van der Waals surface area (Å²) in [6.07, 6.45) is 4.28. The number of likely N-dealkylation sites (N-methyl/N-ethyl adjacent to an activating group) is 2. The highest BCUT2D eigenvalue weighted by atomic mass is 32.1. The van der Waals surface area contributed by atoms with E-state index < -0.39 is 35.0 Å². The molecule has 2 aliphatic rings. The van der Waals surface area contributed by atoms with Gasteiger partial charge in [0.15, 0.2) is 16.7 Å². The molecule has 1 fully saturated rings. The van der Waals surface area contributed by atoms with Crippen LogP contribution in [0, 0.1) is 11.6 Å². The largest absolute Gasteiger partial charge is 0.418 e. The molecule has 10 nitrogen and oxygen atoms in total. The lowest BCUT2D eigenvalue weighted by Crippen LogP contribution is -2.48. The number of anilines is 3. The number of hydrogen-bond acceptors (Lipinski definition) is 8. The van der Waals surface area contributed by atoms with E-state index in [0.717, 1.165) is 54.3 Å². The van der Waals surface area contributed by atoms with Crippen LogP contribution in [-0.4, -0.2) is 58.5 Å². The zero-order valence-electron chi connectivity index (χ0n) is 25.0. The highest BCUT2D eigenvalue weighted by molar-refractivity contribution is 7.14. The van der Waals surface area contributed by atoms with Gasteiger partial charge in [0.1, 0.15) is 17.5 Å². The summed E-state index contributed by atoms with van der Waals surface area (Å²) >= 11 is 1.36. The van der Waals surface area contributed by atoms with E-state index in [9.17, 15) is 18.8 Å². The summed E-state index contributed by atoms with van der Waals surface area (Å²) in [6, 6.07) is 10.7. The summed E-state index contributed by atoms with van der Waals surface area (Å²) in [5, 5.41) is 5.53. The number of benzene rings is 2. The zero-order chi connectivity index (χ0) is 31.8. The monoisotopic (exact) mass is 634 g/mol. The smallest absolute Gasteiger partial charge is 0.399 e. The van der Waals surface area contributed by atoms with E-state index >= 15 is 4.39 Å². The van der Waals surface area contributed by atoms with Gasteiger partial charge < -0.3 is 19.5 Å². The molecule has 2 N–H and O–H groups in total. The quantitative estimate of drug-likeness (QED) is 0.290. The third-order valence-corrected chi connectivity index (χ3v) is 9.28. The molecule has 6 rings (SSSR count). The van der Waals surface area contributed by atoms with Crippen molar-refractivity contribution in [3.05, 3.63) is 86.7 Å². The summed E-state index contributed by atoms with van der Waals surface area (Å²) in [4.78, 5) is 47.5. The van der Waals surface area contributed by atoms with Gasteiger partial charge in [0.25, 0.3) is 5.56 Å². The van der Waals surface area contributed by atoms with Crippen LogP contribution in [-0.2, 0) is 24.7 Å². The van der Waals surface area contributed by atoms with Gasteiger partial charge in [-0.15, -0.1) is 11.3 Å². The van der Waals surface area contributed by atoms with Crippen molar-refractivity contribution in [1.29, 1.82) is 0 Å². The fourth-order valence-corrected chi connectivity index (χ4v) is 6.74. The van der Waals surface area contributed by atoms with Gasteiger partial charge in [-0.05, 0) is 74.2 Å². The number of carbonyl (C=O) groups is 2. The molecule has 1 unspecified atom stereocenters. The van der Waals surface area contributed by atoms with Crippen molar-refractivity contribution < 1.29 is 23.1 Å². The molecule has 3 heterocycles. The van der Waals surface area contributed by atoms with E-state index in [1.54, 1.807) is 42.3 Å². The minimum Gasteiger partial charge on any atom is -0.399 e. The fourth-order valence-electron chi connectivity index (χ4n) is 5.64. The van der Waals surface area contributed by atoms with Crippen molar-refractivity contribution in [2.24, 2.45) is 7.05 Å². The lowest BCUT2D eigenvalue weighted by Gasteiger charge is -2.37. The van der Waals surface area contributed by atoms with Crippen LogP contribution in [0.2, 0.25) is 0 Å². The van der Waals surface area contributed by atoms with Crippen molar-refractivity contribution in [3.63, 3.8) is 0 Å². The van der Waals surface area contributed by atoms with Crippen molar-refractivity contribution >= 4 is 40.5 Å². The molecule has 234 valence electrons. The third kappa shape index (κ3) is 6.18. The molecular weight excluding hydrogens is 602 g/mol. The predicted octanol–water partition coefficient (Wildman–Crippen LogP) is 5.47. The first-order chi connectivity index (χ1) is 21.6. The lowest BCUT2D eigenvalue weighted by atomic mass is 10.00. The van der Waals surface area contributed by atoms with Crippen LogP contribution in [0.15, 0.2) is 53.5 Å². The number of rotatable bonds is 6. The number of amides is 2. The van der Waals surface area contributed by atoms with E-state index in [0.29, 0.717) is 17.3 Å². The van der Waals surface area contributed by atoms with Gasteiger partial charge in [-0.25, -0.2) is 18.6 Å². The standard InChI is InChI=1S/C32H32F2N6O4S/c1-38-14-15-39(2)30(41)28(38)18-8-10-20(11-9-18)35-29-31(42)40(3)17-23(36-29)21-12-13-22(33)27(26(21)34)37-32(43)44-25-16-19-6-4-5-7-24(19)45-25/h8-13,16-17,28H,4-7,14-15H2,1-3H3,(H,35,36)(H,37,43). The van der Waals surface area contributed by atoms with Crippen LogP contribution in [0.3, 0.4) is 0 Å². The molecule has 1 aliphatic heterocycles. The first-order valence-corrected chi connectivity index (χ1v) is 15.4. The maximum absolute atomic E-state index is 15.7. The number of ether oxygens (including phenoxy) is 1. The van der Waals surface area contributed by atoms with Gasteiger partial charge in [-0.3, -0.25) is 19.8 Å². The first-order valence-electron chi connectivity index (χ1n) is 14.6. The molecular formula is C32H32F2N6O4S. The second-order valence-electron chi connectivity index (χ2n) is 11.3. The SMILES string of the molecule is CN1CCN(C)C(c2ccc(Nc3nc(-c4ccc(F)c(NC(=O)Oc5cc6c(s5)CCCC6)c4F)cn(C)c3=O)cc2)C1=O. The average molecular weight is 635 g/mol. The molecule has 2 aromatic heterocycles. The predicted molar refractivity (Wildman–Crippen MR) is 168 cm³/mol.